The molecular weight excluding hydrogens is 296 g/mol. The van der Waals surface area contributed by atoms with E-state index in [2.05, 4.69) is 10.6 Å². The van der Waals surface area contributed by atoms with Crippen molar-refractivity contribution in [1.82, 2.24) is 10.6 Å². The Morgan fingerprint density at radius 1 is 1.04 bits per heavy atom. The SMILES string of the molecule is COc1ccc(CNC(=O)CCNC(=O)C(C)(C)C)cc1OC. The molecular formula is C17H26N2O4. The molecule has 0 spiro atoms. The molecule has 1 aromatic carbocycles. The zero-order valence-electron chi connectivity index (χ0n) is 14.5. The van der Waals surface area contributed by atoms with Crippen LogP contribution < -0.4 is 20.1 Å². The van der Waals surface area contributed by atoms with E-state index in [1.807, 2.05) is 32.9 Å². The maximum atomic E-state index is 11.8. The van der Waals surface area contributed by atoms with Crippen LogP contribution in [0, 0.1) is 5.41 Å². The molecule has 0 unspecified atom stereocenters. The highest BCUT2D eigenvalue weighted by molar-refractivity contribution is 5.82. The Bertz CT molecular complexity index is 550. The van der Waals surface area contributed by atoms with E-state index in [9.17, 15) is 9.59 Å². The number of amides is 2. The van der Waals surface area contributed by atoms with Gasteiger partial charge in [-0.15, -0.1) is 0 Å². The van der Waals surface area contributed by atoms with Crippen LogP contribution in [0.2, 0.25) is 0 Å². The molecule has 0 saturated carbocycles. The lowest BCUT2D eigenvalue weighted by molar-refractivity contribution is -0.128. The average molecular weight is 322 g/mol. The van der Waals surface area contributed by atoms with E-state index < -0.39 is 5.41 Å². The molecule has 0 aliphatic heterocycles. The smallest absolute Gasteiger partial charge is 0.225 e. The van der Waals surface area contributed by atoms with Gasteiger partial charge in [0.05, 0.1) is 14.2 Å². The van der Waals surface area contributed by atoms with E-state index >= 15 is 0 Å². The second-order valence-corrected chi connectivity index (χ2v) is 6.22. The molecule has 0 radical (unpaired) electrons. The van der Waals surface area contributed by atoms with E-state index in [0.717, 1.165) is 5.56 Å². The quantitative estimate of drug-likeness (QED) is 0.803. The molecule has 0 fully saturated rings. The molecule has 0 aromatic heterocycles. The van der Waals surface area contributed by atoms with Crippen molar-refractivity contribution >= 4 is 11.8 Å². The van der Waals surface area contributed by atoms with Crippen LogP contribution in [0.3, 0.4) is 0 Å². The van der Waals surface area contributed by atoms with Crippen molar-refractivity contribution < 1.29 is 19.1 Å². The van der Waals surface area contributed by atoms with Crippen LogP contribution in [0.15, 0.2) is 18.2 Å². The fourth-order valence-corrected chi connectivity index (χ4v) is 1.83. The first-order valence-electron chi connectivity index (χ1n) is 7.54. The first-order valence-corrected chi connectivity index (χ1v) is 7.54. The van der Waals surface area contributed by atoms with Crippen molar-refractivity contribution in [2.75, 3.05) is 20.8 Å². The molecule has 0 aliphatic carbocycles. The monoisotopic (exact) mass is 322 g/mol. The van der Waals surface area contributed by atoms with E-state index in [1.165, 1.54) is 0 Å². The third kappa shape index (κ3) is 6.18. The van der Waals surface area contributed by atoms with Gasteiger partial charge in [0, 0.05) is 24.9 Å². The van der Waals surface area contributed by atoms with Gasteiger partial charge in [-0.2, -0.15) is 0 Å². The normalized spacial score (nSPS) is 10.8. The molecule has 0 bridgehead atoms. The summed E-state index contributed by atoms with van der Waals surface area (Å²) in [7, 11) is 3.14. The van der Waals surface area contributed by atoms with Gasteiger partial charge in [-0.25, -0.2) is 0 Å². The highest BCUT2D eigenvalue weighted by atomic mass is 16.5. The van der Waals surface area contributed by atoms with Crippen molar-refractivity contribution in [2.45, 2.75) is 33.7 Å². The van der Waals surface area contributed by atoms with E-state index in [-0.39, 0.29) is 18.2 Å². The van der Waals surface area contributed by atoms with Crippen LogP contribution in [0.5, 0.6) is 11.5 Å². The summed E-state index contributed by atoms with van der Waals surface area (Å²) in [6, 6.07) is 5.48. The number of carbonyl (C=O) groups is 2. The number of nitrogens with one attached hydrogen (secondary N) is 2. The Labute approximate surface area is 137 Å². The van der Waals surface area contributed by atoms with Gasteiger partial charge in [-0.05, 0) is 17.7 Å². The minimum Gasteiger partial charge on any atom is -0.493 e. The summed E-state index contributed by atoms with van der Waals surface area (Å²) in [5.74, 6) is 1.09. The van der Waals surface area contributed by atoms with Gasteiger partial charge in [-0.1, -0.05) is 26.8 Å². The second-order valence-electron chi connectivity index (χ2n) is 6.22. The zero-order chi connectivity index (χ0) is 17.5. The molecule has 2 amide bonds. The number of carbonyl (C=O) groups excluding carboxylic acids is 2. The molecule has 128 valence electrons. The number of hydrogen-bond acceptors (Lipinski definition) is 4. The summed E-state index contributed by atoms with van der Waals surface area (Å²) in [4.78, 5) is 23.5. The van der Waals surface area contributed by atoms with E-state index in [4.69, 9.17) is 9.47 Å². The lowest BCUT2D eigenvalue weighted by atomic mass is 9.96. The molecule has 2 N–H and O–H groups in total. The van der Waals surface area contributed by atoms with Crippen molar-refractivity contribution in [3.63, 3.8) is 0 Å². The van der Waals surface area contributed by atoms with Crippen molar-refractivity contribution in [3.8, 4) is 11.5 Å². The van der Waals surface area contributed by atoms with Crippen LogP contribution in [-0.2, 0) is 16.1 Å². The van der Waals surface area contributed by atoms with Crippen LogP contribution in [0.4, 0.5) is 0 Å². The molecule has 6 nitrogen and oxygen atoms in total. The van der Waals surface area contributed by atoms with Gasteiger partial charge in [0.25, 0.3) is 0 Å². The van der Waals surface area contributed by atoms with E-state index in [1.54, 1.807) is 20.3 Å². The Morgan fingerprint density at radius 2 is 1.70 bits per heavy atom. The Kier molecular flexibility index (Phi) is 6.88. The average Bonchev–Trinajstić information content (AvgIpc) is 2.51. The van der Waals surface area contributed by atoms with Gasteiger partial charge in [-0.3, -0.25) is 9.59 Å². The van der Waals surface area contributed by atoms with Crippen molar-refractivity contribution in [2.24, 2.45) is 5.41 Å². The van der Waals surface area contributed by atoms with Crippen LogP contribution >= 0.6 is 0 Å². The zero-order valence-corrected chi connectivity index (χ0v) is 14.5. The Balaban J connectivity index is 2.40. The maximum absolute atomic E-state index is 11.8. The molecule has 0 heterocycles. The molecule has 1 rings (SSSR count). The van der Waals surface area contributed by atoms with Gasteiger partial charge < -0.3 is 20.1 Å². The number of methoxy groups -OCH3 is 2. The largest absolute Gasteiger partial charge is 0.493 e. The molecule has 1 aromatic rings. The van der Waals surface area contributed by atoms with Crippen LogP contribution in [0.1, 0.15) is 32.8 Å². The summed E-state index contributed by atoms with van der Waals surface area (Å²) in [5.41, 5.74) is 0.463. The lowest BCUT2D eigenvalue weighted by Gasteiger charge is -2.17. The first kappa shape index (κ1) is 18.8. The summed E-state index contributed by atoms with van der Waals surface area (Å²) in [5, 5.41) is 5.56. The number of rotatable bonds is 7. The highest BCUT2D eigenvalue weighted by Gasteiger charge is 2.20. The first-order chi connectivity index (χ1) is 10.8. The van der Waals surface area contributed by atoms with Gasteiger partial charge in [0.15, 0.2) is 11.5 Å². The molecule has 6 heteroatoms. The Hall–Kier alpha value is -2.24. The summed E-state index contributed by atoms with van der Waals surface area (Å²) in [6.07, 6.45) is 0.245. The number of ether oxygens (including phenoxy) is 2. The third-order valence-electron chi connectivity index (χ3n) is 3.26. The number of hydrogen-bond donors (Lipinski definition) is 2. The van der Waals surface area contributed by atoms with Gasteiger partial charge in [0.1, 0.15) is 0 Å². The molecule has 0 aliphatic rings. The molecule has 0 atom stereocenters. The van der Waals surface area contributed by atoms with Gasteiger partial charge in [0.2, 0.25) is 11.8 Å². The predicted molar refractivity (Wildman–Crippen MR) is 88.5 cm³/mol. The minimum atomic E-state index is -0.448. The fourth-order valence-electron chi connectivity index (χ4n) is 1.83. The third-order valence-corrected chi connectivity index (χ3v) is 3.26. The summed E-state index contributed by atoms with van der Waals surface area (Å²) in [6.45, 7) is 6.22. The number of benzene rings is 1. The Morgan fingerprint density at radius 3 is 2.26 bits per heavy atom. The molecule has 0 saturated heterocycles. The van der Waals surface area contributed by atoms with Crippen LogP contribution in [0.25, 0.3) is 0 Å². The topological polar surface area (TPSA) is 76.7 Å². The standard InChI is InChI=1S/C17H26N2O4/c1-17(2,3)16(21)18-9-8-15(20)19-11-12-6-7-13(22-4)14(10-12)23-5/h6-7,10H,8-9,11H2,1-5H3,(H,18,21)(H,19,20). The maximum Gasteiger partial charge on any atom is 0.225 e. The van der Waals surface area contributed by atoms with Crippen molar-refractivity contribution in [1.29, 1.82) is 0 Å². The van der Waals surface area contributed by atoms with Gasteiger partial charge >= 0.3 is 0 Å². The summed E-state index contributed by atoms with van der Waals surface area (Å²) < 4.78 is 10.4. The highest BCUT2D eigenvalue weighted by Crippen LogP contribution is 2.27. The van der Waals surface area contributed by atoms with Crippen LogP contribution in [-0.4, -0.2) is 32.6 Å². The van der Waals surface area contributed by atoms with E-state index in [0.29, 0.717) is 24.6 Å². The predicted octanol–water partition coefficient (Wildman–Crippen LogP) is 1.87. The second kappa shape index (κ2) is 8.41. The lowest BCUT2D eigenvalue weighted by Crippen LogP contribution is -2.37. The minimum absolute atomic E-state index is 0.0646. The molecule has 23 heavy (non-hydrogen) atoms. The fraction of sp³-hybridized carbons (Fsp3) is 0.529. The van der Waals surface area contributed by atoms with Crippen molar-refractivity contribution in [3.05, 3.63) is 23.8 Å². The summed E-state index contributed by atoms with van der Waals surface area (Å²) >= 11 is 0.